The molecule has 0 heterocycles. The average Bonchev–Trinajstić information content (AvgIpc) is 2.81. The first-order valence-corrected chi connectivity index (χ1v) is 10.3. The minimum atomic E-state index is -2.09. The molecule has 0 aromatic rings. The lowest BCUT2D eigenvalue weighted by molar-refractivity contribution is -0.232. The van der Waals surface area contributed by atoms with Gasteiger partial charge in [0, 0.05) is 23.2 Å². The summed E-state index contributed by atoms with van der Waals surface area (Å²) in [5, 5.41) is 22.4. The van der Waals surface area contributed by atoms with Crippen molar-refractivity contribution in [1.82, 2.24) is 0 Å². The molecule has 0 aromatic carbocycles. The number of rotatable bonds is 1. The molecule has 3 fully saturated rings. The van der Waals surface area contributed by atoms with Gasteiger partial charge in [0.05, 0.1) is 6.10 Å². The Kier molecular flexibility index (Phi) is 4.12. The van der Waals surface area contributed by atoms with Crippen LogP contribution < -0.4 is 0 Å². The Labute approximate surface area is 164 Å². The van der Waals surface area contributed by atoms with Crippen LogP contribution in [0.1, 0.15) is 59.8 Å². The van der Waals surface area contributed by atoms with E-state index in [0.717, 1.165) is 0 Å². The van der Waals surface area contributed by atoms with E-state index in [1.54, 1.807) is 20.8 Å². The molecular formula is C22H30F2O4. The highest BCUT2D eigenvalue weighted by atomic mass is 19.1. The number of halogens is 2. The molecule has 6 heteroatoms. The lowest BCUT2D eigenvalue weighted by atomic mass is 9.43. The molecule has 4 rings (SSSR count). The summed E-state index contributed by atoms with van der Waals surface area (Å²) in [5.74, 6) is -2.22. The number of aliphatic hydroxyl groups excluding tert-OH is 1. The maximum atomic E-state index is 16.9. The zero-order valence-electron chi connectivity index (χ0n) is 17.0. The second-order valence-corrected chi connectivity index (χ2v) is 10.2. The highest BCUT2D eigenvalue weighted by Gasteiger charge is 2.76. The second kappa shape index (κ2) is 5.72. The van der Waals surface area contributed by atoms with Gasteiger partial charge in [-0.2, -0.15) is 0 Å². The van der Waals surface area contributed by atoms with Crippen LogP contribution in [0, 0.1) is 28.6 Å². The van der Waals surface area contributed by atoms with Gasteiger partial charge in [-0.15, -0.1) is 0 Å². The molecule has 3 saturated carbocycles. The number of aliphatic hydroxyl groups is 2. The van der Waals surface area contributed by atoms with Crippen LogP contribution in [-0.2, 0) is 9.59 Å². The Balaban J connectivity index is 1.87. The van der Waals surface area contributed by atoms with E-state index in [-0.39, 0.29) is 42.8 Å². The number of carbonyl (C=O) groups is 2. The highest BCUT2D eigenvalue weighted by molar-refractivity contribution is 5.92. The summed E-state index contributed by atoms with van der Waals surface area (Å²) in [6.45, 7) is 6.49. The van der Waals surface area contributed by atoms with Gasteiger partial charge in [-0.25, -0.2) is 8.78 Å². The quantitative estimate of drug-likeness (QED) is 0.714. The van der Waals surface area contributed by atoms with Crippen LogP contribution in [0.15, 0.2) is 11.6 Å². The van der Waals surface area contributed by atoms with Crippen LogP contribution >= 0.6 is 0 Å². The summed E-state index contributed by atoms with van der Waals surface area (Å²) in [5.41, 5.74) is -5.86. The number of carbonyl (C=O) groups excluding carboxylic acids is 2. The van der Waals surface area contributed by atoms with Gasteiger partial charge in [0.15, 0.2) is 11.6 Å². The first kappa shape index (κ1) is 20.1. The molecular weight excluding hydrogens is 366 g/mol. The minimum absolute atomic E-state index is 0.0567. The third-order valence-electron chi connectivity index (χ3n) is 9.14. The van der Waals surface area contributed by atoms with Crippen molar-refractivity contribution in [3.63, 3.8) is 0 Å². The van der Waals surface area contributed by atoms with E-state index in [1.165, 1.54) is 13.0 Å². The van der Waals surface area contributed by atoms with Crippen molar-refractivity contribution in [2.45, 2.75) is 83.3 Å². The van der Waals surface area contributed by atoms with E-state index < -0.39 is 52.1 Å². The van der Waals surface area contributed by atoms with Gasteiger partial charge in [-0.05, 0) is 56.1 Å². The van der Waals surface area contributed by atoms with E-state index in [4.69, 9.17) is 0 Å². The number of alkyl halides is 2. The van der Waals surface area contributed by atoms with E-state index in [2.05, 4.69) is 0 Å². The van der Waals surface area contributed by atoms with Crippen molar-refractivity contribution in [2.75, 3.05) is 0 Å². The topological polar surface area (TPSA) is 74.6 Å². The molecule has 156 valence electrons. The van der Waals surface area contributed by atoms with Crippen molar-refractivity contribution >= 4 is 11.6 Å². The third kappa shape index (κ3) is 2.01. The van der Waals surface area contributed by atoms with Crippen LogP contribution in [-0.4, -0.2) is 45.3 Å². The van der Waals surface area contributed by atoms with Gasteiger partial charge in [-0.1, -0.05) is 20.8 Å². The molecule has 28 heavy (non-hydrogen) atoms. The van der Waals surface area contributed by atoms with Gasteiger partial charge in [0.2, 0.25) is 0 Å². The van der Waals surface area contributed by atoms with Gasteiger partial charge >= 0.3 is 0 Å². The Morgan fingerprint density at radius 2 is 1.89 bits per heavy atom. The summed E-state index contributed by atoms with van der Waals surface area (Å²) in [4.78, 5) is 24.3. The smallest absolute Gasteiger partial charge is 0.162 e. The van der Waals surface area contributed by atoms with Crippen LogP contribution in [0.25, 0.3) is 0 Å². The van der Waals surface area contributed by atoms with Crippen molar-refractivity contribution in [3.05, 3.63) is 11.6 Å². The molecule has 0 spiro atoms. The predicted octanol–water partition coefficient (Wildman–Crippen LogP) is 3.10. The maximum absolute atomic E-state index is 16.9. The predicted molar refractivity (Wildman–Crippen MR) is 98.9 cm³/mol. The largest absolute Gasteiger partial charge is 0.390 e. The van der Waals surface area contributed by atoms with Crippen LogP contribution in [0.4, 0.5) is 8.78 Å². The summed E-state index contributed by atoms with van der Waals surface area (Å²) < 4.78 is 32.1. The first-order chi connectivity index (χ1) is 12.8. The number of ketones is 2. The van der Waals surface area contributed by atoms with Crippen LogP contribution in [0.5, 0.6) is 0 Å². The van der Waals surface area contributed by atoms with Crippen molar-refractivity contribution in [1.29, 1.82) is 0 Å². The SMILES string of the molecule is CC(=O)[C@@]1(O)[C@H](C)C[C@H]2[C@@H]3C[C@H](F)C4=CC(=O)CC[C@]4(C)[C@@]3(F)[C@@H](O)C[C@@]21C. The number of hydrogen-bond acceptors (Lipinski definition) is 4. The fourth-order valence-corrected chi connectivity index (χ4v) is 7.65. The minimum Gasteiger partial charge on any atom is -0.390 e. The van der Waals surface area contributed by atoms with E-state index >= 15 is 8.78 Å². The number of hydrogen-bond donors (Lipinski definition) is 2. The number of fused-ring (bicyclic) bond motifs is 5. The molecule has 0 radical (unpaired) electrons. The second-order valence-electron chi connectivity index (χ2n) is 10.2. The van der Waals surface area contributed by atoms with Gasteiger partial charge < -0.3 is 10.2 Å². The van der Waals surface area contributed by atoms with Crippen molar-refractivity contribution in [2.24, 2.45) is 28.6 Å². The van der Waals surface area contributed by atoms with Gasteiger partial charge in [-0.3, -0.25) is 9.59 Å². The van der Waals surface area contributed by atoms with E-state index in [1.807, 2.05) is 0 Å². The van der Waals surface area contributed by atoms with Crippen LogP contribution in [0.2, 0.25) is 0 Å². The zero-order valence-corrected chi connectivity index (χ0v) is 17.0. The number of allylic oxidation sites excluding steroid dienone is 1. The zero-order chi connectivity index (χ0) is 20.9. The monoisotopic (exact) mass is 396 g/mol. The molecule has 0 amide bonds. The molecule has 0 aromatic heterocycles. The molecule has 4 aliphatic carbocycles. The summed E-state index contributed by atoms with van der Waals surface area (Å²) in [7, 11) is 0. The average molecular weight is 396 g/mol. The van der Waals surface area contributed by atoms with Crippen molar-refractivity contribution in [3.8, 4) is 0 Å². The van der Waals surface area contributed by atoms with E-state index in [0.29, 0.717) is 6.42 Å². The first-order valence-electron chi connectivity index (χ1n) is 10.3. The van der Waals surface area contributed by atoms with Crippen molar-refractivity contribution < 1.29 is 28.6 Å². The van der Waals surface area contributed by atoms with Gasteiger partial charge in [0.25, 0.3) is 0 Å². The molecule has 4 aliphatic rings. The fraction of sp³-hybridized carbons (Fsp3) is 0.818. The molecule has 0 saturated heterocycles. The lowest BCUT2D eigenvalue weighted by Gasteiger charge is -2.63. The molecule has 9 atom stereocenters. The lowest BCUT2D eigenvalue weighted by Crippen LogP contribution is -2.70. The third-order valence-corrected chi connectivity index (χ3v) is 9.14. The van der Waals surface area contributed by atoms with Gasteiger partial charge in [0.1, 0.15) is 17.4 Å². The molecule has 0 bridgehead atoms. The molecule has 0 aliphatic heterocycles. The standard InChI is InChI=1S/C22H30F2O4/c1-11-7-14-15-9-17(23)16-8-13(26)5-6-19(16,3)21(15,24)18(27)10-20(14,4)22(11,28)12(2)25/h8,11,14-15,17-18,27-28H,5-7,9-10H2,1-4H3/t11-,14+,15+,17+,18+,19+,20+,21+,22+/m1/s1. The Morgan fingerprint density at radius 1 is 1.25 bits per heavy atom. The molecule has 2 N–H and O–H groups in total. The molecule has 4 nitrogen and oxygen atoms in total. The summed E-state index contributed by atoms with van der Waals surface area (Å²) >= 11 is 0. The maximum Gasteiger partial charge on any atom is 0.162 e. The fourth-order valence-electron chi connectivity index (χ4n) is 7.65. The van der Waals surface area contributed by atoms with Crippen LogP contribution in [0.3, 0.4) is 0 Å². The summed E-state index contributed by atoms with van der Waals surface area (Å²) in [6, 6.07) is 0. The number of Topliss-reactive ketones (excluding diaryl/α,β-unsaturated/α-hetero) is 1. The van der Waals surface area contributed by atoms with E-state index in [9.17, 15) is 19.8 Å². The highest BCUT2D eigenvalue weighted by Crippen LogP contribution is 2.71. The Morgan fingerprint density at radius 3 is 2.50 bits per heavy atom. The Hall–Kier alpha value is -1.14. The molecule has 0 unspecified atom stereocenters. The Bertz CT molecular complexity index is 780. The summed E-state index contributed by atoms with van der Waals surface area (Å²) in [6.07, 6.45) is -1.14. The normalized spacial score (nSPS) is 55.8.